The van der Waals surface area contributed by atoms with Crippen molar-refractivity contribution in [2.24, 2.45) is 0 Å². The molecular formula is C9H18O2. The summed E-state index contributed by atoms with van der Waals surface area (Å²) in [6.45, 7) is 5.12. The predicted octanol–water partition coefficient (Wildman–Crippen LogP) is 2.33. The fraction of sp³-hybridized carbons (Fsp3) is 1.00. The van der Waals surface area contributed by atoms with Crippen molar-refractivity contribution in [3.8, 4) is 0 Å². The Labute approximate surface area is 68.9 Å². The van der Waals surface area contributed by atoms with Gasteiger partial charge in [0.2, 0.25) is 0 Å². The molecule has 2 nitrogen and oxygen atoms in total. The molecule has 0 aromatic heterocycles. The van der Waals surface area contributed by atoms with Crippen molar-refractivity contribution in [1.82, 2.24) is 0 Å². The van der Waals surface area contributed by atoms with Crippen molar-refractivity contribution >= 4 is 0 Å². The molecule has 1 saturated heterocycles. The summed E-state index contributed by atoms with van der Waals surface area (Å²) in [5.41, 5.74) is 0. The topological polar surface area (TPSA) is 18.5 Å². The van der Waals surface area contributed by atoms with Crippen LogP contribution in [-0.2, 0) is 9.47 Å². The quantitative estimate of drug-likeness (QED) is 0.625. The summed E-state index contributed by atoms with van der Waals surface area (Å²) in [6, 6.07) is 0. The largest absolute Gasteiger partial charge is 0.350 e. The fourth-order valence-corrected chi connectivity index (χ4v) is 1.24. The Morgan fingerprint density at radius 3 is 2.73 bits per heavy atom. The zero-order chi connectivity index (χ0) is 8.10. The Balaban J connectivity index is 2.09. The minimum absolute atomic E-state index is 0.0971. The lowest BCUT2D eigenvalue weighted by Crippen LogP contribution is -2.10. The van der Waals surface area contributed by atoms with Crippen LogP contribution in [0.2, 0.25) is 0 Å². The van der Waals surface area contributed by atoms with E-state index in [-0.39, 0.29) is 6.29 Å². The number of rotatable bonds is 4. The molecule has 11 heavy (non-hydrogen) atoms. The van der Waals surface area contributed by atoms with E-state index in [1.807, 2.05) is 0 Å². The maximum Gasteiger partial charge on any atom is 0.158 e. The second-order valence-electron chi connectivity index (χ2n) is 3.07. The van der Waals surface area contributed by atoms with Gasteiger partial charge >= 0.3 is 0 Å². The molecule has 0 aromatic rings. The van der Waals surface area contributed by atoms with Crippen LogP contribution in [0.25, 0.3) is 0 Å². The summed E-state index contributed by atoms with van der Waals surface area (Å²) in [4.78, 5) is 0. The molecule has 1 rings (SSSR count). The molecule has 0 radical (unpaired) electrons. The number of unbranched alkanes of at least 4 members (excludes halogenated alkanes) is 1. The molecule has 1 fully saturated rings. The van der Waals surface area contributed by atoms with Gasteiger partial charge in [-0.15, -0.1) is 0 Å². The molecule has 2 atom stereocenters. The molecule has 0 amide bonds. The minimum atomic E-state index is 0.0971. The van der Waals surface area contributed by atoms with Gasteiger partial charge in [-0.3, -0.25) is 0 Å². The predicted molar refractivity (Wildman–Crippen MR) is 44.4 cm³/mol. The van der Waals surface area contributed by atoms with Crippen LogP contribution in [0.5, 0.6) is 0 Å². The average molecular weight is 158 g/mol. The van der Waals surface area contributed by atoms with Crippen LogP contribution in [0, 0.1) is 0 Å². The zero-order valence-electron chi connectivity index (χ0n) is 7.51. The van der Waals surface area contributed by atoms with Gasteiger partial charge in [0.15, 0.2) is 6.29 Å². The van der Waals surface area contributed by atoms with Crippen LogP contribution in [0.4, 0.5) is 0 Å². The molecule has 1 aliphatic rings. The van der Waals surface area contributed by atoms with Gasteiger partial charge in [-0.2, -0.15) is 0 Å². The highest BCUT2D eigenvalue weighted by Crippen LogP contribution is 2.18. The summed E-state index contributed by atoms with van der Waals surface area (Å²) in [5.74, 6) is 0. The molecule has 2 unspecified atom stereocenters. The lowest BCUT2D eigenvalue weighted by molar-refractivity contribution is -0.0632. The molecule has 66 valence electrons. The Hall–Kier alpha value is -0.0800. The highest BCUT2D eigenvalue weighted by molar-refractivity contribution is 4.62. The van der Waals surface area contributed by atoms with Gasteiger partial charge in [-0.05, 0) is 19.3 Å². The van der Waals surface area contributed by atoms with E-state index in [9.17, 15) is 0 Å². The lowest BCUT2D eigenvalue weighted by Gasteiger charge is -2.08. The molecule has 0 bridgehead atoms. The molecule has 0 aromatic carbocycles. The highest BCUT2D eigenvalue weighted by Gasteiger charge is 2.23. The third-order valence-corrected chi connectivity index (χ3v) is 2.06. The Bertz CT molecular complexity index is 104. The summed E-state index contributed by atoms with van der Waals surface area (Å²) < 4.78 is 11.0. The number of ether oxygens (including phenoxy) is 2. The molecule has 0 spiro atoms. The van der Waals surface area contributed by atoms with Gasteiger partial charge in [0, 0.05) is 0 Å². The van der Waals surface area contributed by atoms with Gasteiger partial charge in [0.1, 0.15) is 0 Å². The number of hydrogen-bond donors (Lipinski definition) is 0. The van der Waals surface area contributed by atoms with Crippen LogP contribution in [0.1, 0.15) is 39.5 Å². The minimum Gasteiger partial charge on any atom is -0.350 e. The van der Waals surface area contributed by atoms with Crippen LogP contribution < -0.4 is 0 Å². The van der Waals surface area contributed by atoms with Crippen molar-refractivity contribution in [2.45, 2.75) is 51.9 Å². The van der Waals surface area contributed by atoms with E-state index in [1.165, 1.54) is 12.8 Å². The van der Waals surface area contributed by atoms with Crippen LogP contribution in [0.15, 0.2) is 0 Å². The first-order chi connectivity index (χ1) is 5.36. The van der Waals surface area contributed by atoms with E-state index in [2.05, 4.69) is 13.8 Å². The van der Waals surface area contributed by atoms with E-state index in [0.29, 0.717) is 6.10 Å². The smallest absolute Gasteiger partial charge is 0.158 e. The van der Waals surface area contributed by atoms with E-state index in [4.69, 9.17) is 9.47 Å². The summed E-state index contributed by atoms with van der Waals surface area (Å²) in [5, 5.41) is 0. The van der Waals surface area contributed by atoms with Gasteiger partial charge in [-0.1, -0.05) is 20.3 Å². The SMILES string of the molecule is CCCCC1OCC(CC)O1. The monoisotopic (exact) mass is 158 g/mol. The first-order valence-corrected chi connectivity index (χ1v) is 4.63. The Morgan fingerprint density at radius 1 is 1.36 bits per heavy atom. The van der Waals surface area contributed by atoms with Crippen LogP contribution >= 0.6 is 0 Å². The normalized spacial score (nSPS) is 31.1. The van der Waals surface area contributed by atoms with Gasteiger partial charge < -0.3 is 9.47 Å². The third-order valence-electron chi connectivity index (χ3n) is 2.06. The maximum atomic E-state index is 5.59. The van der Waals surface area contributed by atoms with Crippen molar-refractivity contribution in [1.29, 1.82) is 0 Å². The molecule has 1 heterocycles. The Morgan fingerprint density at radius 2 is 2.18 bits per heavy atom. The Kier molecular flexibility index (Phi) is 3.87. The average Bonchev–Trinajstić information content (AvgIpc) is 2.48. The maximum absolute atomic E-state index is 5.59. The first kappa shape index (κ1) is 9.01. The molecule has 0 saturated carbocycles. The number of hydrogen-bond acceptors (Lipinski definition) is 2. The zero-order valence-corrected chi connectivity index (χ0v) is 7.51. The molecule has 2 heteroatoms. The van der Waals surface area contributed by atoms with Gasteiger partial charge in [0.25, 0.3) is 0 Å². The summed E-state index contributed by atoms with van der Waals surface area (Å²) in [6.07, 6.45) is 5.02. The second-order valence-corrected chi connectivity index (χ2v) is 3.07. The third kappa shape index (κ3) is 2.80. The van der Waals surface area contributed by atoms with Crippen molar-refractivity contribution < 1.29 is 9.47 Å². The van der Waals surface area contributed by atoms with Crippen molar-refractivity contribution in [2.75, 3.05) is 6.61 Å². The highest BCUT2D eigenvalue weighted by atomic mass is 16.7. The standard InChI is InChI=1S/C9H18O2/c1-3-5-6-9-10-7-8(4-2)11-9/h8-9H,3-7H2,1-2H3. The summed E-state index contributed by atoms with van der Waals surface area (Å²) in [7, 11) is 0. The van der Waals surface area contributed by atoms with E-state index >= 15 is 0 Å². The molecular weight excluding hydrogens is 140 g/mol. The first-order valence-electron chi connectivity index (χ1n) is 4.63. The fourth-order valence-electron chi connectivity index (χ4n) is 1.24. The lowest BCUT2D eigenvalue weighted by atomic mass is 10.2. The van der Waals surface area contributed by atoms with E-state index < -0.39 is 0 Å². The molecule has 0 N–H and O–H groups in total. The molecule has 0 aliphatic carbocycles. The van der Waals surface area contributed by atoms with Crippen LogP contribution in [-0.4, -0.2) is 19.0 Å². The summed E-state index contributed by atoms with van der Waals surface area (Å²) >= 11 is 0. The second kappa shape index (κ2) is 4.73. The van der Waals surface area contributed by atoms with Gasteiger partial charge in [-0.25, -0.2) is 0 Å². The molecule has 1 aliphatic heterocycles. The van der Waals surface area contributed by atoms with E-state index in [1.54, 1.807) is 0 Å². The van der Waals surface area contributed by atoms with Gasteiger partial charge in [0.05, 0.1) is 12.7 Å². The van der Waals surface area contributed by atoms with Crippen molar-refractivity contribution in [3.05, 3.63) is 0 Å². The van der Waals surface area contributed by atoms with Crippen LogP contribution in [0.3, 0.4) is 0 Å². The van der Waals surface area contributed by atoms with Crippen molar-refractivity contribution in [3.63, 3.8) is 0 Å². The van der Waals surface area contributed by atoms with E-state index in [0.717, 1.165) is 19.4 Å².